The fourth-order valence-electron chi connectivity index (χ4n) is 2.66. The van der Waals surface area contributed by atoms with E-state index in [0.717, 1.165) is 33.7 Å². The number of rotatable bonds is 8. The standard InChI is InChI=1S/C20H23N5OS2/c1-14(2)12-25-19(15-6-5-9-21-11-15)23-24-20(25)28-13-18(26)22-16-7-4-8-17(10-16)27-3/h4-11,14H,12-13H2,1-3H3,(H,22,26). The van der Waals surface area contributed by atoms with E-state index in [0.29, 0.717) is 5.92 Å². The largest absolute Gasteiger partial charge is 0.325 e. The third kappa shape index (κ3) is 5.36. The first-order valence-electron chi connectivity index (χ1n) is 8.97. The first-order chi connectivity index (χ1) is 13.6. The van der Waals surface area contributed by atoms with Crippen molar-refractivity contribution in [1.82, 2.24) is 19.7 Å². The lowest BCUT2D eigenvalue weighted by Crippen LogP contribution is -2.15. The van der Waals surface area contributed by atoms with Crippen molar-refractivity contribution in [3.8, 4) is 11.4 Å². The van der Waals surface area contributed by atoms with Crippen LogP contribution in [0.15, 0.2) is 58.8 Å². The number of nitrogens with one attached hydrogen (secondary N) is 1. The van der Waals surface area contributed by atoms with E-state index in [4.69, 9.17) is 0 Å². The van der Waals surface area contributed by atoms with Gasteiger partial charge in [0.25, 0.3) is 0 Å². The van der Waals surface area contributed by atoms with Crippen molar-refractivity contribution in [3.63, 3.8) is 0 Å². The fraction of sp³-hybridized carbons (Fsp3) is 0.300. The molecule has 8 heteroatoms. The molecule has 6 nitrogen and oxygen atoms in total. The highest BCUT2D eigenvalue weighted by Gasteiger charge is 2.16. The molecule has 2 heterocycles. The molecule has 0 saturated heterocycles. The van der Waals surface area contributed by atoms with Gasteiger partial charge in [-0.15, -0.1) is 22.0 Å². The second-order valence-corrected chi connectivity index (χ2v) is 8.44. The number of amides is 1. The number of pyridine rings is 1. The smallest absolute Gasteiger partial charge is 0.234 e. The number of hydrogen-bond acceptors (Lipinski definition) is 6. The Morgan fingerprint density at radius 2 is 2.07 bits per heavy atom. The van der Waals surface area contributed by atoms with Crippen LogP contribution >= 0.6 is 23.5 Å². The zero-order valence-corrected chi connectivity index (χ0v) is 17.8. The Bertz CT molecular complexity index is 927. The molecular formula is C20H23N5OS2. The van der Waals surface area contributed by atoms with Crippen molar-refractivity contribution in [2.24, 2.45) is 5.92 Å². The first kappa shape index (κ1) is 20.4. The first-order valence-corrected chi connectivity index (χ1v) is 11.2. The molecule has 0 saturated carbocycles. The number of hydrogen-bond donors (Lipinski definition) is 1. The third-order valence-corrected chi connectivity index (χ3v) is 5.56. The van der Waals surface area contributed by atoms with E-state index in [1.165, 1.54) is 11.8 Å². The van der Waals surface area contributed by atoms with Crippen LogP contribution in [0.1, 0.15) is 13.8 Å². The van der Waals surface area contributed by atoms with Crippen molar-refractivity contribution in [2.45, 2.75) is 30.4 Å². The fourth-order valence-corrected chi connectivity index (χ4v) is 3.87. The lowest BCUT2D eigenvalue weighted by molar-refractivity contribution is -0.113. The zero-order chi connectivity index (χ0) is 19.9. The molecule has 2 aromatic heterocycles. The summed E-state index contributed by atoms with van der Waals surface area (Å²) in [6.45, 7) is 5.07. The van der Waals surface area contributed by atoms with Crippen LogP contribution in [-0.4, -0.2) is 37.7 Å². The van der Waals surface area contributed by atoms with Crippen molar-refractivity contribution in [2.75, 3.05) is 17.3 Å². The van der Waals surface area contributed by atoms with Gasteiger partial charge in [-0.25, -0.2) is 0 Å². The molecule has 0 spiro atoms. The number of carbonyl (C=O) groups is 1. The Kier molecular flexibility index (Phi) is 7.11. The number of aromatic nitrogens is 4. The van der Waals surface area contributed by atoms with Gasteiger partial charge in [0.15, 0.2) is 11.0 Å². The summed E-state index contributed by atoms with van der Waals surface area (Å²) in [5.74, 6) is 1.41. The maximum Gasteiger partial charge on any atom is 0.234 e. The monoisotopic (exact) mass is 413 g/mol. The number of carbonyl (C=O) groups excluding carboxylic acids is 1. The van der Waals surface area contributed by atoms with Gasteiger partial charge in [0, 0.05) is 35.1 Å². The highest BCUT2D eigenvalue weighted by Crippen LogP contribution is 2.25. The Morgan fingerprint density at radius 3 is 2.79 bits per heavy atom. The van der Waals surface area contributed by atoms with Crippen LogP contribution in [0.5, 0.6) is 0 Å². The molecule has 3 rings (SSSR count). The Morgan fingerprint density at radius 1 is 1.21 bits per heavy atom. The van der Waals surface area contributed by atoms with Gasteiger partial charge in [0.2, 0.25) is 5.91 Å². The van der Waals surface area contributed by atoms with Gasteiger partial charge in [-0.2, -0.15) is 0 Å². The summed E-state index contributed by atoms with van der Waals surface area (Å²) in [5, 5.41) is 12.3. The maximum atomic E-state index is 12.4. The summed E-state index contributed by atoms with van der Waals surface area (Å²) in [5.41, 5.74) is 1.72. The number of anilines is 1. The highest BCUT2D eigenvalue weighted by atomic mass is 32.2. The van der Waals surface area contributed by atoms with E-state index in [1.54, 1.807) is 24.2 Å². The summed E-state index contributed by atoms with van der Waals surface area (Å²) in [4.78, 5) is 17.7. The molecule has 0 bridgehead atoms. The van der Waals surface area contributed by atoms with E-state index in [-0.39, 0.29) is 11.7 Å². The van der Waals surface area contributed by atoms with Crippen LogP contribution in [0.2, 0.25) is 0 Å². The van der Waals surface area contributed by atoms with Crippen LogP contribution in [0.3, 0.4) is 0 Å². The molecule has 0 atom stereocenters. The molecule has 0 aliphatic rings. The molecule has 28 heavy (non-hydrogen) atoms. The molecule has 0 aliphatic carbocycles. The van der Waals surface area contributed by atoms with E-state index in [2.05, 4.69) is 38.9 Å². The van der Waals surface area contributed by atoms with Crippen LogP contribution in [0, 0.1) is 5.92 Å². The van der Waals surface area contributed by atoms with E-state index < -0.39 is 0 Å². The van der Waals surface area contributed by atoms with Crippen molar-refractivity contribution in [1.29, 1.82) is 0 Å². The average molecular weight is 414 g/mol. The van der Waals surface area contributed by atoms with E-state index in [1.807, 2.05) is 42.7 Å². The molecule has 1 amide bonds. The number of nitrogens with zero attached hydrogens (tertiary/aromatic N) is 4. The minimum atomic E-state index is -0.0646. The molecule has 3 aromatic rings. The Labute approximate surface area is 173 Å². The third-order valence-electron chi connectivity index (χ3n) is 3.87. The number of benzene rings is 1. The van der Waals surface area contributed by atoms with Gasteiger partial charge in [-0.1, -0.05) is 31.7 Å². The summed E-state index contributed by atoms with van der Waals surface area (Å²) < 4.78 is 2.06. The van der Waals surface area contributed by atoms with Crippen molar-refractivity contribution < 1.29 is 4.79 Å². The van der Waals surface area contributed by atoms with Gasteiger partial charge >= 0.3 is 0 Å². The predicted molar refractivity (Wildman–Crippen MR) is 116 cm³/mol. The molecule has 0 aliphatic heterocycles. The second-order valence-electron chi connectivity index (χ2n) is 6.62. The highest BCUT2D eigenvalue weighted by molar-refractivity contribution is 7.99. The van der Waals surface area contributed by atoms with Crippen LogP contribution in [-0.2, 0) is 11.3 Å². The Balaban J connectivity index is 1.71. The molecule has 0 radical (unpaired) electrons. The van der Waals surface area contributed by atoms with Crippen LogP contribution in [0.25, 0.3) is 11.4 Å². The zero-order valence-electron chi connectivity index (χ0n) is 16.1. The van der Waals surface area contributed by atoms with Crippen molar-refractivity contribution in [3.05, 3.63) is 48.8 Å². The van der Waals surface area contributed by atoms with Gasteiger partial charge in [0.05, 0.1) is 5.75 Å². The van der Waals surface area contributed by atoms with E-state index >= 15 is 0 Å². The summed E-state index contributed by atoms with van der Waals surface area (Å²) in [6, 6.07) is 11.7. The quantitative estimate of drug-likeness (QED) is 0.550. The topological polar surface area (TPSA) is 72.7 Å². The Hall–Kier alpha value is -2.32. The minimum absolute atomic E-state index is 0.0646. The molecule has 1 aromatic carbocycles. The van der Waals surface area contributed by atoms with Gasteiger partial charge in [-0.3, -0.25) is 9.78 Å². The second kappa shape index (κ2) is 9.75. The molecule has 1 N–H and O–H groups in total. The van der Waals surface area contributed by atoms with Gasteiger partial charge in [0.1, 0.15) is 0 Å². The molecule has 0 fully saturated rings. The molecule has 146 valence electrons. The lowest BCUT2D eigenvalue weighted by atomic mass is 10.2. The summed E-state index contributed by atoms with van der Waals surface area (Å²) in [6.07, 6.45) is 5.53. The summed E-state index contributed by atoms with van der Waals surface area (Å²) in [7, 11) is 0. The number of thioether (sulfide) groups is 2. The van der Waals surface area contributed by atoms with Gasteiger partial charge < -0.3 is 9.88 Å². The SMILES string of the molecule is CSc1cccc(NC(=O)CSc2nnc(-c3cccnc3)n2CC(C)C)c1. The molecular weight excluding hydrogens is 390 g/mol. The van der Waals surface area contributed by atoms with Crippen molar-refractivity contribution >= 4 is 35.1 Å². The normalized spacial score (nSPS) is 11.0. The van der Waals surface area contributed by atoms with Crippen LogP contribution < -0.4 is 5.32 Å². The maximum absolute atomic E-state index is 12.4. The average Bonchev–Trinajstić information content (AvgIpc) is 3.09. The summed E-state index contributed by atoms with van der Waals surface area (Å²) >= 11 is 3.04. The van der Waals surface area contributed by atoms with Gasteiger partial charge in [-0.05, 0) is 42.5 Å². The van der Waals surface area contributed by atoms with E-state index in [9.17, 15) is 4.79 Å². The lowest BCUT2D eigenvalue weighted by Gasteiger charge is -2.12. The predicted octanol–water partition coefficient (Wildman–Crippen LogP) is 4.45. The minimum Gasteiger partial charge on any atom is -0.325 e. The van der Waals surface area contributed by atoms with Crippen LogP contribution in [0.4, 0.5) is 5.69 Å². The molecule has 0 unspecified atom stereocenters.